The second-order valence-corrected chi connectivity index (χ2v) is 7.69. The summed E-state index contributed by atoms with van der Waals surface area (Å²) in [6.45, 7) is 3.99. The largest absolute Gasteiger partial charge is 0.394 e. The summed E-state index contributed by atoms with van der Waals surface area (Å²) in [5.41, 5.74) is 0.174. The maximum Gasteiger partial charge on any atom is 0.218 e. The minimum Gasteiger partial charge on any atom is -0.394 e. The zero-order valence-corrected chi connectivity index (χ0v) is 12.6. The van der Waals surface area contributed by atoms with E-state index in [0.717, 1.165) is 5.56 Å². The van der Waals surface area contributed by atoms with Crippen molar-refractivity contribution in [1.29, 1.82) is 0 Å². The topological polar surface area (TPSA) is 66.8 Å². The number of aliphatic hydroxyl groups is 1. The van der Waals surface area contributed by atoms with Gasteiger partial charge in [0.1, 0.15) is 0 Å². The molecule has 0 saturated carbocycles. The van der Waals surface area contributed by atoms with Gasteiger partial charge in [0.15, 0.2) is 0 Å². The van der Waals surface area contributed by atoms with E-state index < -0.39 is 21.7 Å². The fraction of sp³-hybridized carbons (Fsp3) is 0.571. The molecule has 0 aliphatic carbocycles. The molecule has 1 heterocycles. The van der Waals surface area contributed by atoms with E-state index in [1.807, 2.05) is 32.0 Å². The summed E-state index contributed by atoms with van der Waals surface area (Å²) in [5, 5.41) is 9.25. The van der Waals surface area contributed by atoms with Crippen LogP contribution in [0.4, 0.5) is 0 Å². The highest BCUT2D eigenvalue weighted by atomic mass is 32.2. The SMILES string of the molecule is CC1(C)CN(S(=O)(=O)Cc2ccccc2)CC(CO)O1. The summed E-state index contributed by atoms with van der Waals surface area (Å²) >= 11 is 0. The highest BCUT2D eigenvalue weighted by Gasteiger charge is 2.38. The number of ether oxygens (including phenoxy) is 1. The van der Waals surface area contributed by atoms with Crippen LogP contribution in [0.15, 0.2) is 30.3 Å². The average molecular weight is 299 g/mol. The fourth-order valence-electron chi connectivity index (χ4n) is 2.43. The Bertz CT molecular complexity index is 542. The molecule has 1 atom stereocenters. The number of aliphatic hydroxyl groups excluding tert-OH is 1. The number of morpholine rings is 1. The lowest BCUT2D eigenvalue weighted by molar-refractivity contribution is -0.131. The van der Waals surface area contributed by atoms with E-state index in [0.29, 0.717) is 6.54 Å². The van der Waals surface area contributed by atoms with Crippen molar-refractivity contribution in [3.05, 3.63) is 35.9 Å². The van der Waals surface area contributed by atoms with E-state index >= 15 is 0 Å². The van der Waals surface area contributed by atoms with Gasteiger partial charge in [0.25, 0.3) is 0 Å². The molecule has 1 N–H and O–H groups in total. The Morgan fingerprint density at radius 2 is 2.00 bits per heavy atom. The van der Waals surface area contributed by atoms with Gasteiger partial charge in [-0.1, -0.05) is 30.3 Å². The summed E-state index contributed by atoms with van der Waals surface area (Å²) in [6.07, 6.45) is -0.468. The molecule has 1 aliphatic rings. The lowest BCUT2D eigenvalue weighted by Gasteiger charge is -2.41. The number of rotatable bonds is 4. The Balaban J connectivity index is 2.16. The average Bonchev–Trinajstić information content (AvgIpc) is 2.37. The first kappa shape index (κ1) is 15.4. The summed E-state index contributed by atoms with van der Waals surface area (Å²) in [5.74, 6) is -0.0257. The first-order valence-electron chi connectivity index (χ1n) is 6.63. The Labute approximate surface area is 120 Å². The maximum absolute atomic E-state index is 12.5. The maximum atomic E-state index is 12.5. The zero-order valence-electron chi connectivity index (χ0n) is 11.8. The van der Waals surface area contributed by atoms with Gasteiger partial charge in [0.05, 0.1) is 24.1 Å². The minimum absolute atomic E-state index is 0.0257. The molecule has 0 aromatic heterocycles. The van der Waals surface area contributed by atoms with Crippen molar-refractivity contribution < 1.29 is 18.3 Å². The van der Waals surface area contributed by atoms with E-state index in [4.69, 9.17) is 4.74 Å². The summed E-state index contributed by atoms with van der Waals surface area (Å²) in [4.78, 5) is 0. The third kappa shape index (κ3) is 3.79. The smallest absolute Gasteiger partial charge is 0.218 e. The third-order valence-electron chi connectivity index (χ3n) is 3.24. The molecule has 0 amide bonds. The molecule has 1 aliphatic heterocycles. The first-order valence-corrected chi connectivity index (χ1v) is 8.24. The summed E-state index contributed by atoms with van der Waals surface area (Å²) in [6, 6.07) is 9.10. The van der Waals surface area contributed by atoms with Crippen LogP contribution in [-0.2, 0) is 20.5 Å². The standard InChI is InChI=1S/C14H21NO4S/c1-14(2)11-15(8-13(9-16)19-14)20(17,18)10-12-6-4-3-5-7-12/h3-7,13,16H,8-11H2,1-2H3. The Kier molecular flexibility index (Phi) is 4.49. The Morgan fingerprint density at radius 1 is 1.35 bits per heavy atom. The number of hydrogen-bond donors (Lipinski definition) is 1. The molecule has 6 heteroatoms. The van der Waals surface area contributed by atoms with Gasteiger partial charge in [-0.15, -0.1) is 0 Å². The van der Waals surface area contributed by atoms with Crippen LogP contribution in [0.2, 0.25) is 0 Å². The molecule has 2 rings (SSSR count). The summed E-state index contributed by atoms with van der Waals surface area (Å²) < 4.78 is 32.0. The predicted molar refractivity (Wildman–Crippen MR) is 76.7 cm³/mol. The lowest BCUT2D eigenvalue weighted by Crippen LogP contribution is -2.55. The van der Waals surface area contributed by atoms with Gasteiger partial charge in [0, 0.05) is 13.1 Å². The quantitative estimate of drug-likeness (QED) is 0.900. The van der Waals surface area contributed by atoms with Crippen molar-refractivity contribution in [1.82, 2.24) is 4.31 Å². The molecule has 112 valence electrons. The monoisotopic (exact) mass is 299 g/mol. The normalized spacial score (nSPS) is 23.6. The molecule has 20 heavy (non-hydrogen) atoms. The van der Waals surface area contributed by atoms with Gasteiger partial charge in [-0.3, -0.25) is 0 Å². The van der Waals surface area contributed by atoms with Crippen LogP contribution in [0.25, 0.3) is 0 Å². The highest BCUT2D eigenvalue weighted by Crippen LogP contribution is 2.24. The van der Waals surface area contributed by atoms with Crippen molar-refractivity contribution in [3.8, 4) is 0 Å². The van der Waals surface area contributed by atoms with Crippen LogP contribution >= 0.6 is 0 Å². The van der Waals surface area contributed by atoms with Crippen molar-refractivity contribution >= 4 is 10.0 Å². The molecular weight excluding hydrogens is 278 g/mol. The Hall–Kier alpha value is -0.950. The second kappa shape index (κ2) is 5.81. The van der Waals surface area contributed by atoms with Gasteiger partial charge in [-0.2, -0.15) is 4.31 Å². The molecule has 0 spiro atoms. The molecule has 1 aromatic rings. The van der Waals surface area contributed by atoms with Gasteiger partial charge < -0.3 is 9.84 Å². The lowest BCUT2D eigenvalue weighted by atomic mass is 10.1. The molecule has 1 unspecified atom stereocenters. The van der Waals surface area contributed by atoms with Crippen molar-refractivity contribution in [2.24, 2.45) is 0 Å². The Morgan fingerprint density at radius 3 is 2.60 bits per heavy atom. The van der Waals surface area contributed by atoms with Gasteiger partial charge in [-0.05, 0) is 19.4 Å². The van der Waals surface area contributed by atoms with Crippen molar-refractivity contribution in [2.45, 2.75) is 31.3 Å². The first-order chi connectivity index (χ1) is 9.32. The molecule has 1 fully saturated rings. The van der Waals surface area contributed by atoms with Crippen molar-refractivity contribution in [3.63, 3.8) is 0 Å². The van der Waals surface area contributed by atoms with E-state index in [9.17, 15) is 13.5 Å². The van der Waals surface area contributed by atoms with Crippen LogP contribution in [0.5, 0.6) is 0 Å². The molecule has 1 aromatic carbocycles. The number of hydrogen-bond acceptors (Lipinski definition) is 4. The van der Waals surface area contributed by atoms with Crippen molar-refractivity contribution in [2.75, 3.05) is 19.7 Å². The molecular formula is C14H21NO4S. The van der Waals surface area contributed by atoms with Crippen LogP contribution in [0.1, 0.15) is 19.4 Å². The summed E-state index contributed by atoms with van der Waals surface area (Å²) in [7, 11) is -3.41. The van der Waals surface area contributed by atoms with E-state index in [2.05, 4.69) is 0 Å². The van der Waals surface area contributed by atoms with Gasteiger partial charge in [-0.25, -0.2) is 8.42 Å². The van der Waals surface area contributed by atoms with E-state index in [-0.39, 0.29) is 18.9 Å². The third-order valence-corrected chi connectivity index (χ3v) is 5.00. The molecule has 5 nitrogen and oxygen atoms in total. The fourth-order valence-corrected chi connectivity index (χ4v) is 4.12. The van der Waals surface area contributed by atoms with Gasteiger partial charge in [0.2, 0.25) is 10.0 Å². The van der Waals surface area contributed by atoms with Crippen LogP contribution in [-0.4, -0.2) is 49.2 Å². The number of nitrogens with zero attached hydrogens (tertiary/aromatic N) is 1. The number of benzene rings is 1. The highest BCUT2D eigenvalue weighted by molar-refractivity contribution is 7.88. The predicted octanol–water partition coefficient (Wildman–Crippen LogP) is 0.988. The second-order valence-electron chi connectivity index (χ2n) is 5.72. The molecule has 0 radical (unpaired) electrons. The minimum atomic E-state index is -3.41. The molecule has 1 saturated heterocycles. The van der Waals surface area contributed by atoms with Crippen LogP contribution in [0, 0.1) is 0 Å². The van der Waals surface area contributed by atoms with Gasteiger partial charge >= 0.3 is 0 Å². The van der Waals surface area contributed by atoms with E-state index in [1.54, 1.807) is 12.1 Å². The van der Waals surface area contributed by atoms with E-state index in [1.165, 1.54) is 4.31 Å². The van der Waals surface area contributed by atoms with Crippen LogP contribution in [0.3, 0.4) is 0 Å². The zero-order chi connectivity index (χ0) is 14.8. The van der Waals surface area contributed by atoms with Crippen LogP contribution < -0.4 is 0 Å². The molecule has 0 bridgehead atoms. The number of sulfonamides is 1.